The van der Waals surface area contributed by atoms with E-state index in [-0.39, 0.29) is 11.3 Å². The van der Waals surface area contributed by atoms with E-state index in [1.165, 1.54) is 6.07 Å². The molecule has 0 bridgehead atoms. The maximum Gasteiger partial charge on any atom is 0.335 e. The van der Waals surface area contributed by atoms with Gasteiger partial charge in [-0.25, -0.2) is 9.18 Å². The molecule has 0 amide bonds. The van der Waals surface area contributed by atoms with Gasteiger partial charge < -0.3 is 9.84 Å². The van der Waals surface area contributed by atoms with Crippen molar-refractivity contribution in [2.45, 2.75) is 0 Å². The van der Waals surface area contributed by atoms with Crippen LogP contribution < -0.4 is 4.74 Å². The molecule has 0 saturated heterocycles. The molecule has 0 heterocycles. The van der Waals surface area contributed by atoms with Gasteiger partial charge in [0.15, 0.2) is 0 Å². The van der Waals surface area contributed by atoms with Gasteiger partial charge in [0, 0.05) is 11.8 Å². The van der Waals surface area contributed by atoms with Gasteiger partial charge in [0.2, 0.25) is 0 Å². The summed E-state index contributed by atoms with van der Waals surface area (Å²) in [5, 5.41) is 8.62. The quantitative estimate of drug-likeness (QED) is 0.755. The zero-order valence-electron chi connectivity index (χ0n) is 7.24. The Morgan fingerprint density at radius 3 is 2.79 bits per heavy atom. The minimum absolute atomic E-state index is 0.126. The molecular weight excluding hydrogens is 207 g/mol. The molecule has 0 fully saturated rings. The Kier molecular flexibility index (Phi) is 3.76. The molecule has 0 saturated carbocycles. The van der Waals surface area contributed by atoms with Crippen LogP contribution in [0.15, 0.2) is 18.2 Å². The van der Waals surface area contributed by atoms with Gasteiger partial charge in [0.1, 0.15) is 11.6 Å². The van der Waals surface area contributed by atoms with Gasteiger partial charge in [0.05, 0.1) is 12.2 Å². The van der Waals surface area contributed by atoms with Gasteiger partial charge in [-0.2, -0.15) is 12.6 Å². The van der Waals surface area contributed by atoms with E-state index >= 15 is 0 Å². The number of benzene rings is 1. The van der Waals surface area contributed by atoms with Gasteiger partial charge in [0.25, 0.3) is 0 Å². The van der Waals surface area contributed by atoms with Crippen LogP contribution in [0.5, 0.6) is 5.75 Å². The van der Waals surface area contributed by atoms with Crippen molar-refractivity contribution in [1.29, 1.82) is 0 Å². The summed E-state index contributed by atoms with van der Waals surface area (Å²) in [5.41, 5.74) is -0.126. The Bertz CT molecular complexity index is 341. The fraction of sp³-hybridized carbons (Fsp3) is 0.222. The zero-order valence-corrected chi connectivity index (χ0v) is 8.13. The smallest absolute Gasteiger partial charge is 0.335 e. The number of carbonyl (C=O) groups is 1. The van der Waals surface area contributed by atoms with Crippen LogP contribution >= 0.6 is 12.6 Å². The van der Waals surface area contributed by atoms with Gasteiger partial charge in [-0.15, -0.1) is 0 Å². The average molecular weight is 216 g/mol. The number of thiol groups is 1. The summed E-state index contributed by atoms with van der Waals surface area (Å²) in [5.74, 6) is -1.12. The molecule has 1 N–H and O–H groups in total. The normalized spacial score (nSPS) is 9.86. The first kappa shape index (κ1) is 10.8. The number of carboxylic acid groups (broad SMARTS) is 1. The topological polar surface area (TPSA) is 46.5 Å². The highest BCUT2D eigenvalue weighted by molar-refractivity contribution is 7.80. The second-order valence-electron chi connectivity index (χ2n) is 2.55. The Morgan fingerprint density at radius 1 is 1.50 bits per heavy atom. The molecule has 0 aliphatic carbocycles. The molecule has 0 unspecified atom stereocenters. The van der Waals surface area contributed by atoms with Crippen molar-refractivity contribution in [3.63, 3.8) is 0 Å². The summed E-state index contributed by atoms with van der Waals surface area (Å²) in [6.45, 7) is 0.311. The van der Waals surface area contributed by atoms with Crippen molar-refractivity contribution in [3.05, 3.63) is 29.6 Å². The SMILES string of the molecule is O=C(O)c1cc(F)cc(OCCS)c1. The third-order valence-corrected chi connectivity index (χ3v) is 1.66. The number of rotatable bonds is 4. The number of aromatic carboxylic acids is 1. The average Bonchev–Trinajstić information content (AvgIpc) is 2.14. The maximum absolute atomic E-state index is 12.9. The minimum atomic E-state index is -1.18. The van der Waals surface area contributed by atoms with Crippen LogP contribution in [0.1, 0.15) is 10.4 Å². The lowest BCUT2D eigenvalue weighted by molar-refractivity contribution is 0.0696. The van der Waals surface area contributed by atoms with Crippen molar-refractivity contribution >= 4 is 18.6 Å². The van der Waals surface area contributed by atoms with Crippen molar-refractivity contribution in [1.82, 2.24) is 0 Å². The second kappa shape index (κ2) is 4.85. The standard InChI is InChI=1S/C9H9FO3S/c10-7-3-6(9(11)12)4-8(5-7)13-1-2-14/h3-5,14H,1-2H2,(H,11,12). The Hall–Kier alpha value is -1.23. The van der Waals surface area contributed by atoms with Crippen LogP contribution in [-0.2, 0) is 0 Å². The van der Waals surface area contributed by atoms with Crippen LogP contribution in [-0.4, -0.2) is 23.4 Å². The fourth-order valence-electron chi connectivity index (χ4n) is 0.933. The fourth-order valence-corrected chi connectivity index (χ4v) is 1.02. The van der Waals surface area contributed by atoms with Crippen molar-refractivity contribution in [2.75, 3.05) is 12.4 Å². The highest BCUT2D eigenvalue weighted by atomic mass is 32.1. The summed E-state index contributed by atoms with van der Waals surface area (Å²) < 4.78 is 17.9. The highest BCUT2D eigenvalue weighted by Gasteiger charge is 2.07. The molecule has 0 spiro atoms. The van der Waals surface area contributed by atoms with Crippen molar-refractivity contribution in [2.24, 2.45) is 0 Å². The van der Waals surface area contributed by atoms with Gasteiger partial charge in [-0.3, -0.25) is 0 Å². The lowest BCUT2D eigenvalue weighted by Gasteiger charge is -2.05. The number of carboxylic acids is 1. The van der Waals surface area contributed by atoms with Crippen LogP contribution in [0.2, 0.25) is 0 Å². The molecule has 0 atom stereocenters. The molecular formula is C9H9FO3S. The molecule has 14 heavy (non-hydrogen) atoms. The molecule has 0 radical (unpaired) electrons. The molecule has 1 aromatic carbocycles. The molecule has 1 aromatic rings. The Morgan fingerprint density at radius 2 is 2.21 bits per heavy atom. The molecule has 76 valence electrons. The second-order valence-corrected chi connectivity index (χ2v) is 3.00. The largest absolute Gasteiger partial charge is 0.493 e. The van der Waals surface area contributed by atoms with Crippen molar-refractivity contribution < 1.29 is 19.0 Å². The Balaban J connectivity index is 2.89. The van der Waals surface area contributed by atoms with E-state index in [4.69, 9.17) is 9.84 Å². The van der Waals surface area contributed by atoms with Gasteiger partial charge in [-0.05, 0) is 12.1 Å². The van der Waals surface area contributed by atoms with Crippen LogP contribution in [0.3, 0.4) is 0 Å². The summed E-state index contributed by atoms with van der Waals surface area (Å²) in [6.07, 6.45) is 0. The van der Waals surface area contributed by atoms with E-state index in [0.717, 1.165) is 12.1 Å². The lowest BCUT2D eigenvalue weighted by Crippen LogP contribution is -2.02. The predicted octanol–water partition coefficient (Wildman–Crippen LogP) is 1.83. The van der Waals surface area contributed by atoms with Gasteiger partial charge >= 0.3 is 5.97 Å². The summed E-state index contributed by atoms with van der Waals surface area (Å²) >= 11 is 3.91. The van der Waals surface area contributed by atoms with E-state index in [1.54, 1.807) is 0 Å². The van der Waals surface area contributed by atoms with E-state index in [9.17, 15) is 9.18 Å². The summed E-state index contributed by atoms with van der Waals surface area (Å²) in [4.78, 5) is 10.5. The third kappa shape index (κ3) is 2.92. The van der Waals surface area contributed by atoms with E-state index < -0.39 is 11.8 Å². The number of ether oxygens (including phenoxy) is 1. The summed E-state index contributed by atoms with van der Waals surface area (Å²) in [7, 11) is 0. The zero-order chi connectivity index (χ0) is 10.6. The molecule has 1 rings (SSSR count). The van der Waals surface area contributed by atoms with E-state index in [0.29, 0.717) is 12.4 Å². The van der Waals surface area contributed by atoms with Crippen LogP contribution in [0.4, 0.5) is 4.39 Å². The number of hydrogen-bond acceptors (Lipinski definition) is 3. The first-order valence-corrected chi connectivity index (χ1v) is 4.54. The highest BCUT2D eigenvalue weighted by Crippen LogP contribution is 2.16. The van der Waals surface area contributed by atoms with Crippen LogP contribution in [0.25, 0.3) is 0 Å². The van der Waals surface area contributed by atoms with E-state index in [2.05, 4.69) is 12.6 Å². The van der Waals surface area contributed by atoms with Gasteiger partial charge in [-0.1, -0.05) is 0 Å². The molecule has 3 nitrogen and oxygen atoms in total. The lowest BCUT2D eigenvalue weighted by atomic mass is 10.2. The number of hydrogen-bond donors (Lipinski definition) is 2. The molecule has 5 heteroatoms. The number of halogens is 1. The summed E-state index contributed by atoms with van der Waals surface area (Å²) in [6, 6.07) is 3.35. The molecule has 0 aliphatic rings. The first-order valence-electron chi connectivity index (χ1n) is 3.91. The molecule has 0 aromatic heterocycles. The van der Waals surface area contributed by atoms with Crippen LogP contribution in [0, 0.1) is 5.82 Å². The minimum Gasteiger partial charge on any atom is -0.493 e. The first-order chi connectivity index (χ1) is 6.63. The predicted molar refractivity (Wildman–Crippen MR) is 52.7 cm³/mol. The third-order valence-electron chi connectivity index (χ3n) is 1.48. The monoisotopic (exact) mass is 216 g/mol. The molecule has 0 aliphatic heterocycles. The Labute approximate surface area is 85.9 Å². The van der Waals surface area contributed by atoms with E-state index in [1.807, 2.05) is 0 Å². The maximum atomic E-state index is 12.9. The van der Waals surface area contributed by atoms with Crippen molar-refractivity contribution in [3.8, 4) is 5.75 Å².